The Morgan fingerprint density at radius 1 is 1.20 bits per heavy atom. The van der Waals surface area contributed by atoms with E-state index in [9.17, 15) is 23.5 Å². The summed E-state index contributed by atoms with van der Waals surface area (Å²) < 4.78 is 32.4. The highest BCUT2D eigenvalue weighted by atomic mass is 19.1. The van der Waals surface area contributed by atoms with Crippen LogP contribution in [0.1, 0.15) is 55.9 Å². The van der Waals surface area contributed by atoms with Crippen molar-refractivity contribution in [1.29, 1.82) is 0 Å². The molecule has 1 aliphatic carbocycles. The fraction of sp³-hybridized carbons (Fsp3) is 0.560. The Balaban J connectivity index is 1.47. The van der Waals surface area contributed by atoms with E-state index in [-0.39, 0.29) is 29.5 Å². The first-order valence-corrected chi connectivity index (χ1v) is 12.2. The van der Waals surface area contributed by atoms with Gasteiger partial charge in [0.2, 0.25) is 5.91 Å². The van der Waals surface area contributed by atoms with Gasteiger partial charge in [-0.3, -0.25) is 14.5 Å². The van der Waals surface area contributed by atoms with Crippen molar-refractivity contribution in [2.45, 2.75) is 63.6 Å². The summed E-state index contributed by atoms with van der Waals surface area (Å²) in [5, 5.41) is 18.9. The normalized spacial score (nSPS) is 22.5. The van der Waals surface area contributed by atoms with Crippen LogP contribution in [0.15, 0.2) is 28.8 Å². The molecule has 2 heterocycles. The number of hydrogen-bond acceptors (Lipinski definition) is 6. The van der Waals surface area contributed by atoms with Gasteiger partial charge in [0, 0.05) is 43.3 Å². The second-order valence-electron chi connectivity index (χ2n) is 9.55. The number of aliphatic hydroxyl groups excluding tert-OH is 1. The van der Waals surface area contributed by atoms with Gasteiger partial charge in [0.25, 0.3) is 5.91 Å². The number of carbonyl (C=O) groups is 2. The Morgan fingerprint density at radius 2 is 1.97 bits per heavy atom. The van der Waals surface area contributed by atoms with Crippen LogP contribution in [0.2, 0.25) is 0 Å². The van der Waals surface area contributed by atoms with Crippen LogP contribution in [0.25, 0.3) is 11.3 Å². The van der Waals surface area contributed by atoms with Gasteiger partial charge in [-0.1, -0.05) is 24.4 Å². The molecule has 1 aromatic carbocycles. The summed E-state index contributed by atoms with van der Waals surface area (Å²) in [7, 11) is 0. The average molecular weight is 491 g/mol. The van der Waals surface area contributed by atoms with Gasteiger partial charge in [0.1, 0.15) is 11.6 Å². The second-order valence-corrected chi connectivity index (χ2v) is 9.55. The average Bonchev–Trinajstić information content (AvgIpc) is 3.35. The Kier molecular flexibility index (Phi) is 8.12. The van der Waals surface area contributed by atoms with E-state index in [0.717, 1.165) is 31.5 Å². The molecule has 2 aromatic rings. The molecule has 2 fully saturated rings. The van der Waals surface area contributed by atoms with E-state index < -0.39 is 35.5 Å². The lowest BCUT2D eigenvalue weighted by atomic mass is 9.86. The Labute approximate surface area is 203 Å². The number of rotatable bonds is 7. The SMILES string of the molecule is CC(CO)NC(=O)[C@@H]1CN(C2CCCCC2)CC[C@H]1NC(=O)c1cc(-c2ccc(F)cc2F)on1. The maximum Gasteiger partial charge on any atom is 0.273 e. The van der Waals surface area contributed by atoms with Crippen molar-refractivity contribution < 1.29 is 28.0 Å². The molecule has 35 heavy (non-hydrogen) atoms. The highest BCUT2D eigenvalue weighted by Gasteiger charge is 2.38. The molecule has 3 N–H and O–H groups in total. The maximum absolute atomic E-state index is 14.1. The number of aromatic nitrogens is 1. The van der Waals surface area contributed by atoms with Crippen LogP contribution in [0.3, 0.4) is 0 Å². The fourth-order valence-corrected chi connectivity index (χ4v) is 5.03. The van der Waals surface area contributed by atoms with Gasteiger partial charge < -0.3 is 20.3 Å². The van der Waals surface area contributed by atoms with Crippen LogP contribution in [0.4, 0.5) is 8.78 Å². The Morgan fingerprint density at radius 3 is 2.69 bits per heavy atom. The summed E-state index contributed by atoms with van der Waals surface area (Å²) in [5.74, 6) is -2.78. The minimum absolute atomic E-state index is 0.00540. The smallest absolute Gasteiger partial charge is 0.273 e. The lowest BCUT2D eigenvalue weighted by molar-refractivity contribution is -0.129. The number of halogens is 2. The largest absolute Gasteiger partial charge is 0.394 e. The summed E-state index contributed by atoms with van der Waals surface area (Å²) in [5.41, 5.74) is -0.0599. The summed E-state index contributed by atoms with van der Waals surface area (Å²) in [6.07, 6.45) is 6.42. The molecule has 2 aliphatic rings. The van der Waals surface area contributed by atoms with E-state index in [0.29, 0.717) is 19.0 Å². The van der Waals surface area contributed by atoms with Crippen molar-refractivity contribution >= 4 is 11.8 Å². The number of likely N-dealkylation sites (tertiary alicyclic amines) is 1. The molecule has 0 radical (unpaired) electrons. The Hall–Kier alpha value is -2.85. The van der Waals surface area contributed by atoms with Crippen molar-refractivity contribution in [3.63, 3.8) is 0 Å². The van der Waals surface area contributed by atoms with E-state index >= 15 is 0 Å². The van der Waals surface area contributed by atoms with Crippen LogP contribution in [0.5, 0.6) is 0 Å². The number of carbonyl (C=O) groups excluding carboxylic acids is 2. The van der Waals surface area contributed by atoms with Crippen LogP contribution in [0, 0.1) is 17.6 Å². The molecular weight excluding hydrogens is 458 g/mol. The van der Waals surface area contributed by atoms with Gasteiger partial charge in [-0.25, -0.2) is 8.78 Å². The molecule has 2 amide bonds. The molecule has 1 saturated heterocycles. The van der Waals surface area contributed by atoms with Crippen LogP contribution in [-0.2, 0) is 4.79 Å². The first kappa shape index (κ1) is 25.2. The third-order valence-corrected chi connectivity index (χ3v) is 6.99. The maximum atomic E-state index is 14.1. The molecule has 1 unspecified atom stereocenters. The van der Waals surface area contributed by atoms with Crippen molar-refractivity contribution in [3.05, 3.63) is 41.6 Å². The quantitative estimate of drug-likeness (QED) is 0.551. The molecule has 0 bridgehead atoms. The minimum Gasteiger partial charge on any atom is -0.394 e. The lowest BCUT2D eigenvalue weighted by Crippen LogP contribution is -2.58. The highest BCUT2D eigenvalue weighted by molar-refractivity contribution is 5.94. The van der Waals surface area contributed by atoms with E-state index in [1.54, 1.807) is 6.92 Å². The molecule has 190 valence electrons. The number of nitrogens with zero attached hydrogens (tertiary/aromatic N) is 2. The van der Waals surface area contributed by atoms with E-state index in [2.05, 4.69) is 20.7 Å². The minimum atomic E-state index is -0.821. The van der Waals surface area contributed by atoms with Gasteiger partial charge >= 0.3 is 0 Å². The van der Waals surface area contributed by atoms with E-state index in [1.165, 1.54) is 31.4 Å². The number of hydrogen-bond donors (Lipinski definition) is 3. The van der Waals surface area contributed by atoms with E-state index in [4.69, 9.17) is 4.52 Å². The summed E-state index contributed by atoms with van der Waals surface area (Å²) in [6, 6.07) is 3.95. The molecule has 1 aromatic heterocycles. The number of piperidine rings is 1. The standard InChI is InChI=1S/C25H32F2N4O4/c1-15(14-32)28-24(33)19-13-31(17-5-3-2-4-6-17)10-9-21(19)29-25(34)22-12-23(35-30-22)18-8-7-16(26)11-20(18)27/h7-8,11-12,15,17,19,21,32H,2-6,9-10,13-14H2,1H3,(H,28,33)(H,29,34)/t15?,19-,21-/m1/s1. The zero-order chi connectivity index (χ0) is 24.9. The molecule has 3 atom stereocenters. The predicted octanol–water partition coefficient (Wildman–Crippen LogP) is 2.87. The summed E-state index contributed by atoms with van der Waals surface area (Å²) in [6.45, 7) is 2.83. The first-order valence-electron chi connectivity index (χ1n) is 12.2. The van der Waals surface area contributed by atoms with Crippen molar-refractivity contribution in [3.8, 4) is 11.3 Å². The molecule has 0 spiro atoms. The Bertz CT molecular complexity index is 1040. The summed E-state index contributed by atoms with van der Waals surface area (Å²) in [4.78, 5) is 28.4. The van der Waals surface area contributed by atoms with Crippen LogP contribution < -0.4 is 10.6 Å². The third kappa shape index (κ3) is 6.05. The van der Waals surface area contributed by atoms with Crippen LogP contribution in [-0.4, -0.2) is 64.8 Å². The molecule has 8 nitrogen and oxygen atoms in total. The van der Waals surface area contributed by atoms with Crippen LogP contribution >= 0.6 is 0 Å². The van der Waals surface area contributed by atoms with Gasteiger partial charge in [0.15, 0.2) is 11.5 Å². The highest BCUT2D eigenvalue weighted by Crippen LogP contribution is 2.28. The van der Waals surface area contributed by atoms with Gasteiger partial charge in [-0.2, -0.15) is 0 Å². The molecule has 4 rings (SSSR count). The van der Waals surface area contributed by atoms with Gasteiger partial charge in [0.05, 0.1) is 18.1 Å². The fourth-order valence-electron chi connectivity index (χ4n) is 5.03. The van der Waals surface area contributed by atoms with Gasteiger partial charge in [-0.05, 0) is 38.3 Å². The number of benzene rings is 1. The van der Waals surface area contributed by atoms with Crippen molar-refractivity contribution in [1.82, 2.24) is 20.7 Å². The number of nitrogens with one attached hydrogen (secondary N) is 2. The monoisotopic (exact) mass is 490 g/mol. The summed E-state index contributed by atoms with van der Waals surface area (Å²) >= 11 is 0. The number of amides is 2. The van der Waals surface area contributed by atoms with E-state index in [1.807, 2.05) is 0 Å². The lowest BCUT2D eigenvalue weighted by Gasteiger charge is -2.43. The molecule has 10 heteroatoms. The second kappa shape index (κ2) is 11.3. The molecule has 1 aliphatic heterocycles. The zero-order valence-electron chi connectivity index (χ0n) is 19.8. The predicted molar refractivity (Wildman–Crippen MR) is 124 cm³/mol. The zero-order valence-corrected chi connectivity index (χ0v) is 19.8. The topological polar surface area (TPSA) is 108 Å². The van der Waals surface area contributed by atoms with Crippen molar-refractivity contribution in [2.24, 2.45) is 5.92 Å². The first-order chi connectivity index (χ1) is 16.9. The molecule has 1 saturated carbocycles. The third-order valence-electron chi connectivity index (χ3n) is 6.99. The van der Waals surface area contributed by atoms with Gasteiger partial charge in [-0.15, -0.1) is 0 Å². The number of aliphatic hydroxyl groups is 1. The van der Waals surface area contributed by atoms with Crippen molar-refractivity contribution in [2.75, 3.05) is 19.7 Å². The molecular formula is C25H32F2N4O4.